The highest BCUT2D eigenvalue weighted by atomic mass is 32.1. The van der Waals surface area contributed by atoms with Gasteiger partial charge in [0, 0.05) is 41.5 Å². The molecule has 0 saturated heterocycles. The third kappa shape index (κ3) is 3.62. The number of pyridine rings is 1. The second-order valence-corrected chi connectivity index (χ2v) is 6.04. The van der Waals surface area contributed by atoms with E-state index < -0.39 is 0 Å². The van der Waals surface area contributed by atoms with Gasteiger partial charge in [-0.05, 0) is 39.3 Å². The van der Waals surface area contributed by atoms with Crippen LogP contribution in [0.3, 0.4) is 0 Å². The van der Waals surface area contributed by atoms with E-state index in [2.05, 4.69) is 29.1 Å². The van der Waals surface area contributed by atoms with Crippen LogP contribution in [-0.4, -0.2) is 27.7 Å². The number of hydrogen-bond donors (Lipinski definition) is 2. The Hall–Kier alpha value is -1.30. The molecule has 0 amide bonds. The zero-order chi connectivity index (χ0) is 14.5. The maximum Gasteiger partial charge on any atom is 0.125 e. The molecular formula is C15H21N3OS. The van der Waals surface area contributed by atoms with Crippen LogP contribution in [0.15, 0.2) is 24.5 Å². The Morgan fingerprint density at radius 2 is 2.20 bits per heavy atom. The lowest BCUT2D eigenvalue weighted by atomic mass is 10.2. The molecule has 0 radical (unpaired) electrons. The molecular weight excluding hydrogens is 270 g/mol. The van der Waals surface area contributed by atoms with Crippen LogP contribution in [-0.2, 0) is 0 Å². The molecule has 2 atom stereocenters. The molecule has 0 aromatic carbocycles. The lowest BCUT2D eigenvalue weighted by Crippen LogP contribution is -2.29. The fourth-order valence-electron chi connectivity index (χ4n) is 2.20. The van der Waals surface area contributed by atoms with Crippen LogP contribution in [0, 0.1) is 6.92 Å². The van der Waals surface area contributed by atoms with E-state index in [-0.39, 0.29) is 12.6 Å². The summed E-state index contributed by atoms with van der Waals surface area (Å²) in [4.78, 5) is 10.0. The first-order valence-corrected chi connectivity index (χ1v) is 7.68. The zero-order valence-corrected chi connectivity index (χ0v) is 12.9. The first kappa shape index (κ1) is 15.1. The average molecular weight is 291 g/mol. The van der Waals surface area contributed by atoms with E-state index in [0.717, 1.165) is 22.7 Å². The summed E-state index contributed by atoms with van der Waals surface area (Å²) in [6, 6.07) is 4.48. The Balaban J connectivity index is 2.15. The molecule has 0 spiro atoms. The molecule has 0 aliphatic heterocycles. The molecule has 2 aromatic rings. The monoisotopic (exact) mass is 291 g/mol. The number of nitrogens with one attached hydrogen (secondary N) is 1. The molecule has 2 rings (SSSR count). The number of aromatic nitrogens is 2. The molecule has 2 N–H and O–H groups in total. The van der Waals surface area contributed by atoms with Gasteiger partial charge in [0.1, 0.15) is 5.01 Å². The van der Waals surface area contributed by atoms with Crippen LogP contribution in [0.2, 0.25) is 0 Å². The third-order valence-corrected chi connectivity index (χ3v) is 4.62. The standard InChI is InChI=1S/C15H21N3OS/c1-10(6-8-19)17-11(2)14-12(3)18-15(20-14)13-5-4-7-16-9-13/h4-5,7,9-11,17,19H,6,8H2,1-3H3/t10-,11?/m1/s1. The zero-order valence-electron chi connectivity index (χ0n) is 12.1. The number of thiazole rings is 1. The summed E-state index contributed by atoms with van der Waals surface area (Å²) >= 11 is 1.70. The third-order valence-electron chi connectivity index (χ3n) is 3.23. The molecule has 20 heavy (non-hydrogen) atoms. The van der Waals surface area contributed by atoms with Gasteiger partial charge in [0.15, 0.2) is 0 Å². The molecule has 0 saturated carbocycles. The first-order valence-electron chi connectivity index (χ1n) is 6.86. The van der Waals surface area contributed by atoms with Crippen molar-refractivity contribution in [2.24, 2.45) is 0 Å². The molecule has 2 heterocycles. The number of aryl methyl sites for hydroxylation is 1. The van der Waals surface area contributed by atoms with Gasteiger partial charge in [-0.15, -0.1) is 11.3 Å². The van der Waals surface area contributed by atoms with E-state index in [9.17, 15) is 0 Å². The predicted molar refractivity (Wildman–Crippen MR) is 82.8 cm³/mol. The smallest absolute Gasteiger partial charge is 0.125 e. The lowest BCUT2D eigenvalue weighted by Gasteiger charge is -2.18. The maximum absolute atomic E-state index is 8.97. The van der Waals surface area contributed by atoms with Gasteiger partial charge < -0.3 is 10.4 Å². The molecule has 0 bridgehead atoms. The average Bonchev–Trinajstić information content (AvgIpc) is 2.82. The van der Waals surface area contributed by atoms with Gasteiger partial charge in [-0.3, -0.25) is 4.98 Å². The minimum atomic E-state index is 0.212. The summed E-state index contributed by atoms with van der Waals surface area (Å²) in [5, 5.41) is 13.5. The fourth-order valence-corrected chi connectivity index (χ4v) is 3.27. The van der Waals surface area contributed by atoms with Crippen LogP contribution in [0.25, 0.3) is 10.6 Å². The largest absolute Gasteiger partial charge is 0.396 e. The molecule has 4 nitrogen and oxygen atoms in total. The summed E-state index contributed by atoms with van der Waals surface area (Å²) in [7, 11) is 0. The van der Waals surface area contributed by atoms with Gasteiger partial charge >= 0.3 is 0 Å². The van der Waals surface area contributed by atoms with E-state index in [1.54, 1.807) is 17.5 Å². The summed E-state index contributed by atoms with van der Waals surface area (Å²) in [5.74, 6) is 0. The van der Waals surface area contributed by atoms with Crippen molar-refractivity contribution in [3.63, 3.8) is 0 Å². The van der Waals surface area contributed by atoms with Crippen molar-refractivity contribution in [3.8, 4) is 10.6 Å². The van der Waals surface area contributed by atoms with E-state index in [4.69, 9.17) is 5.11 Å². The normalized spacial score (nSPS) is 14.2. The van der Waals surface area contributed by atoms with Crippen molar-refractivity contribution in [1.82, 2.24) is 15.3 Å². The number of aliphatic hydroxyl groups is 1. The van der Waals surface area contributed by atoms with Gasteiger partial charge in [-0.25, -0.2) is 4.98 Å². The lowest BCUT2D eigenvalue weighted by molar-refractivity contribution is 0.265. The molecule has 1 unspecified atom stereocenters. The van der Waals surface area contributed by atoms with E-state index >= 15 is 0 Å². The molecule has 0 aliphatic carbocycles. The Kier molecular flexibility index (Phi) is 5.23. The van der Waals surface area contributed by atoms with Crippen LogP contribution in [0.4, 0.5) is 0 Å². The van der Waals surface area contributed by atoms with Crippen LogP contribution >= 0.6 is 11.3 Å². The Bertz CT molecular complexity index is 541. The van der Waals surface area contributed by atoms with Crippen molar-refractivity contribution in [2.45, 2.75) is 39.3 Å². The van der Waals surface area contributed by atoms with Gasteiger partial charge in [0.2, 0.25) is 0 Å². The van der Waals surface area contributed by atoms with E-state index in [1.165, 1.54) is 4.88 Å². The molecule has 108 valence electrons. The molecule has 0 aliphatic rings. The van der Waals surface area contributed by atoms with Crippen molar-refractivity contribution >= 4 is 11.3 Å². The van der Waals surface area contributed by atoms with Gasteiger partial charge in [-0.2, -0.15) is 0 Å². The quantitative estimate of drug-likeness (QED) is 0.859. The second kappa shape index (κ2) is 6.92. The van der Waals surface area contributed by atoms with Crippen molar-refractivity contribution in [2.75, 3.05) is 6.61 Å². The molecule has 0 fully saturated rings. The fraction of sp³-hybridized carbons (Fsp3) is 0.467. The number of hydrogen-bond acceptors (Lipinski definition) is 5. The topological polar surface area (TPSA) is 58.0 Å². The predicted octanol–water partition coefficient (Wildman–Crippen LogP) is 2.94. The van der Waals surface area contributed by atoms with Crippen molar-refractivity contribution < 1.29 is 5.11 Å². The van der Waals surface area contributed by atoms with Crippen molar-refractivity contribution in [1.29, 1.82) is 0 Å². The summed E-state index contributed by atoms with van der Waals surface area (Å²) < 4.78 is 0. The summed E-state index contributed by atoms with van der Waals surface area (Å²) in [5.41, 5.74) is 2.12. The van der Waals surface area contributed by atoms with E-state index in [0.29, 0.717) is 6.04 Å². The minimum absolute atomic E-state index is 0.212. The second-order valence-electron chi connectivity index (χ2n) is 5.01. The number of aliphatic hydroxyl groups excluding tert-OH is 1. The highest BCUT2D eigenvalue weighted by Crippen LogP contribution is 2.31. The highest BCUT2D eigenvalue weighted by Gasteiger charge is 2.16. The molecule has 5 heteroatoms. The summed E-state index contributed by atoms with van der Waals surface area (Å²) in [6.45, 7) is 6.48. The highest BCUT2D eigenvalue weighted by molar-refractivity contribution is 7.15. The SMILES string of the molecule is Cc1nc(-c2cccnc2)sc1C(C)N[C@H](C)CCO. The van der Waals surface area contributed by atoms with Crippen molar-refractivity contribution in [3.05, 3.63) is 35.1 Å². The molecule has 2 aromatic heterocycles. The van der Waals surface area contributed by atoms with Gasteiger partial charge in [0.05, 0.1) is 5.69 Å². The van der Waals surface area contributed by atoms with Crippen LogP contribution in [0.1, 0.15) is 36.9 Å². The van der Waals surface area contributed by atoms with Gasteiger partial charge in [0.25, 0.3) is 0 Å². The Morgan fingerprint density at radius 1 is 1.40 bits per heavy atom. The number of rotatable bonds is 6. The summed E-state index contributed by atoms with van der Waals surface area (Å²) in [6.07, 6.45) is 4.37. The Morgan fingerprint density at radius 3 is 2.85 bits per heavy atom. The van der Waals surface area contributed by atoms with Gasteiger partial charge in [-0.1, -0.05) is 0 Å². The first-order chi connectivity index (χ1) is 9.61. The van der Waals surface area contributed by atoms with E-state index in [1.807, 2.05) is 25.3 Å². The van der Waals surface area contributed by atoms with Crippen LogP contribution < -0.4 is 5.32 Å². The maximum atomic E-state index is 8.97. The Labute approximate surface area is 123 Å². The number of nitrogens with zero attached hydrogens (tertiary/aromatic N) is 2. The van der Waals surface area contributed by atoms with Crippen LogP contribution in [0.5, 0.6) is 0 Å². The minimum Gasteiger partial charge on any atom is -0.396 e.